The van der Waals surface area contributed by atoms with Gasteiger partial charge in [-0.25, -0.2) is 4.79 Å². The van der Waals surface area contributed by atoms with E-state index in [0.29, 0.717) is 13.0 Å². The van der Waals surface area contributed by atoms with Crippen LogP contribution in [-0.2, 0) is 13.0 Å². The number of rotatable bonds is 5. The SMILES string of the molecule is CCCCc1cc(=O)c2c(=O)[nH]c(=O)[nH]c2n1Cc1ccccc1. The van der Waals surface area contributed by atoms with E-state index in [1.807, 2.05) is 34.9 Å². The van der Waals surface area contributed by atoms with Crippen LogP contribution in [0.2, 0.25) is 0 Å². The molecule has 0 saturated heterocycles. The van der Waals surface area contributed by atoms with E-state index in [0.717, 1.165) is 24.1 Å². The molecule has 6 nitrogen and oxygen atoms in total. The summed E-state index contributed by atoms with van der Waals surface area (Å²) in [5.41, 5.74) is 0.508. The molecule has 2 heterocycles. The number of unbranched alkanes of at least 4 members (excludes halogenated alkanes) is 1. The smallest absolute Gasteiger partial charge is 0.326 e. The van der Waals surface area contributed by atoms with Crippen LogP contribution in [0.5, 0.6) is 0 Å². The summed E-state index contributed by atoms with van der Waals surface area (Å²) < 4.78 is 1.86. The van der Waals surface area contributed by atoms with Gasteiger partial charge in [-0.1, -0.05) is 43.7 Å². The van der Waals surface area contributed by atoms with E-state index in [1.54, 1.807) is 0 Å². The van der Waals surface area contributed by atoms with E-state index in [9.17, 15) is 14.4 Å². The Morgan fingerprint density at radius 1 is 1.04 bits per heavy atom. The van der Waals surface area contributed by atoms with E-state index < -0.39 is 11.2 Å². The minimum absolute atomic E-state index is 0.00854. The molecule has 0 aliphatic heterocycles. The highest BCUT2D eigenvalue weighted by Gasteiger charge is 2.13. The first-order valence-corrected chi connectivity index (χ1v) is 8.03. The van der Waals surface area contributed by atoms with Gasteiger partial charge in [0, 0.05) is 18.3 Å². The van der Waals surface area contributed by atoms with Gasteiger partial charge in [0.05, 0.1) is 0 Å². The van der Waals surface area contributed by atoms with Gasteiger partial charge in [0.15, 0.2) is 5.43 Å². The minimum Gasteiger partial charge on any atom is -0.326 e. The number of aryl methyl sites for hydroxylation is 1. The van der Waals surface area contributed by atoms with Crippen molar-refractivity contribution in [2.75, 3.05) is 0 Å². The first-order chi connectivity index (χ1) is 11.6. The summed E-state index contributed by atoms with van der Waals surface area (Å²) >= 11 is 0. The highest BCUT2D eigenvalue weighted by molar-refractivity contribution is 5.74. The molecular weight excluding hydrogens is 306 g/mol. The van der Waals surface area contributed by atoms with Gasteiger partial charge in [-0.3, -0.25) is 19.6 Å². The molecule has 0 fully saturated rings. The maximum atomic E-state index is 12.3. The van der Waals surface area contributed by atoms with Crippen LogP contribution in [0.3, 0.4) is 0 Å². The number of benzene rings is 1. The normalized spacial score (nSPS) is 11.0. The van der Waals surface area contributed by atoms with Crippen LogP contribution in [0.15, 0.2) is 50.8 Å². The molecule has 0 spiro atoms. The summed E-state index contributed by atoms with van der Waals surface area (Å²) in [4.78, 5) is 40.9. The second kappa shape index (κ2) is 6.70. The number of hydrogen-bond donors (Lipinski definition) is 2. The summed E-state index contributed by atoms with van der Waals surface area (Å²) in [5.74, 6) is 0. The van der Waals surface area contributed by atoms with E-state index in [4.69, 9.17) is 0 Å². The largest absolute Gasteiger partial charge is 0.327 e. The lowest BCUT2D eigenvalue weighted by molar-refractivity contribution is 0.695. The third-order valence-electron chi connectivity index (χ3n) is 4.05. The number of H-pyrrole nitrogens is 2. The number of hydrogen-bond acceptors (Lipinski definition) is 3. The third kappa shape index (κ3) is 3.08. The molecule has 124 valence electrons. The number of nitrogens with zero attached hydrogens (tertiary/aromatic N) is 1. The standard InChI is InChI=1S/C18H19N3O3/c1-2-3-9-13-10-14(22)15-16(19-18(24)20-17(15)23)21(13)11-12-7-5-4-6-8-12/h4-8,10H,2-3,9,11H2,1H3,(H2,19,20,23,24). The Hall–Kier alpha value is -2.89. The van der Waals surface area contributed by atoms with Crippen LogP contribution in [0.25, 0.3) is 11.0 Å². The van der Waals surface area contributed by atoms with Crippen molar-refractivity contribution in [1.29, 1.82) is 0 Å². The molecule has 6 heteroatoms. The Labute approximate surface area is 137 Å². The number of aromatic amines is 2. The molecule has 0 atom stereocenters. The zero-order chi connectivity index (χ0) is 17.1. The molecule has 0 amide bonds. The van der Waals surface area contributed by atoms with Crippen molar-refractivity contribution < 1.29 is 0 Å². The number of nitrogens with one attached hydrogen (secondary N) is 2. The highest BCUT2D eigenvalue weighted by Crippen LogP contribution is 2.13. The maximum Gasteiger partial charge on any atom is 0.327 e. The predicted molar refractivity (Wildman–Crippen MR) is 93.6 cm³/mol. The van der Waals surface area contributed by atoms with Crippen molar-refractivity contribution in [2.24, 2.45) is 0 Å². The fourth-order valence-corrected chi connectivity index (χ4v) is 2.86. The summed E-state index contributed by atoms with van der Waals surface area (Å²) in [5, 5.41) is -0.00854. The molecule has 0 unspecified atom stereocenters. The Morgan fingerprint density at radius 2 is 1.79 bits per heavy atom. The lowest BCUT2D eigenvalue weighted by Gasteiger charge is -2.16. The Kier molecular flexibility index (Phi) is 4.46. The molecule has 2 N–H and O–H groups in total. The van der Waals surface area contributed by atoms with Gasteiger partial charge in [0.1, 0.15) is 11.0 Å². The summed E-state index contributed by atoms with van der Waals surface area (Å²) in [7, 11) is 0. The second-order valence-electron chi connectivity index (χ2n) is 5.81. The molecule has 3 rings (SSSR count). The van der Waals surface area contributed by atoms with E-state index in [1.165, 1.54) is 6.07 Å². The van der Waals surface area contributed by atoms with Crippen molar-refractivity contribution in [3.63, 3.8) is 0 Å². The molecule has 24 heavy (non-hydrogen) atoms. The predicted octanol–water partition coefficient (Wildman–Crippen LogP) is 1.77. The Bertz CT molecular complexity index is 1030. The molecule has 0 bridgehead atoms. The van der Waals surface area contributed by atoms with Crippen LogP contribution in [-0.4, -0.2) is 14.5 Å². The number of pyridine rings is 1. The molecular formula is C18H19N3O3. The van der Waals surface area contributed by atoms with Crippen LogP contribution in [0.1, 0.15) is 31.0 Å². The minimum atomic E-state index is -0.650. The molecule has 0 aliphatic rings. The molecule has 1 aromatic carbocycles. The van der Waals surface area contributed by atoms with Gasteiger partial charge in [0.25, 0.3) is 5.56 Å². The molecule has 0 saturated carbocycles. The average molecular weight is 325 g/mol. The van der Waals surface area contributed by atoms with Gasteiger partial charge < -0.3 is 4.57 Å². The van der Waals surface area contributed by atoms with E-state index in [-0.39, 0.29) is 16.5 Å². The van der Waals surface area contributed by atoms with E-state index >= 15 is 0 Å². The van der Waals surface area contributed by atoms with Crippen LogP contribution < -0.4 is 16.7 Å². The van der Waals surface area contributed by atoms with Crippen molar-refractivity contribution in [1.82, 2.24) is 14.5 Å². The highest BCUT2D eigenvalue weighted by atomic mass is 16.2. The molecule has 3 aromatic rings. The van der Waals surface area contributed by atoms with Gasteiger partial charge in [0.2, 0.25) is 0 Å². The average Bonchev–Trinajstić information content (AvgIpc) is 2.56. The first kappa shape index (κ1) is 16.0. The van der Waals surface area contributed by atoms with Crippen molar-refractivity contribution >= 4 is 11.0 Å². The van der Waals surface area contributed by atoms with Gasteiger partial charge in [-0.05, 0) is 18.4 Å². The molecule has 0 radical (unpaired) electrons. The van der Waals surface area contributed by atoms with Gasteiger partial charge >= 0.3 is 5.69 Å². The fraction of sp³-hybridized carbons (Fsp3) is 0.278. The Balaban J connectivity index is 2.29. The summed E-state index contributed by atoms with van der Waals surface area (Å²) in [6, 6.07) is 11.2. The van der Waals surface area contributed by atoms with Crippen molar-refractivity contribution in [3.05, 3.63) is 78.7 Å². The van der Waals surface area contributed by atoms with Crippen molar-refractivity contribution in [3.8, 4) is 0 Å². The quantitative estimate of drug-likeness (QED) is 0.749. The lowest BCUT2D eigenvalue weighted by atomic mass is 10.1. The first-order valence-electron chi connectivity index (χ1n) is 8.03. The number of fused-ring (bicyclic) bond motifs is 1. The van der Waals surface area contributed by atoms with Gasteiger partial charge in [-0.2, -0.15) is 0 Å². The summed E-state index contributed by atoms with van der Waals surface area (Å²) in [6.07, 6.45) is 2.62. The second-order valence-corrected chi connectivity index (χ2v) is 5.81. The zero-order valence-corrected chi connectivity index (χ0v) is 13.5. The molecule has 2 aromatic heterocycles. The molecule has 0 aliphatic carbocycles. The lowest BCUT2D eigenvalue weighted by Crippen LogP contribution is -2.29. The van der Waals surface area contributed by atoms with Crippen LogP contribution >= 0.6 is 0 Å². The van der Waals surface area contributed by atoms with Crippen LogP contribution in [0.4, 0.5) is 0 Å². The maximum absolute atomic E-state index is 12.3. The monoisotopic (exact) mass is 325 g/mol. The number of aromatic nitrogens is 3. The third-order valence-corrected chi connectivity index (χ3v) is 4.05. The summed E-state index contributed by atoms with van der Waals surface area (Å²) in [6.45, 7) is 2.56. The Morgan fingerprint density at radius 3 is 2.50 bits per heavy atom. The zero-order valence-electron chi connectivity index (χ0n) is 13.5. The van der Waals surface area contributed by atoms with E-state index in [2.05, 4.69) is 16.9 Å². The van der Waals surface area contributed by atoms with Crippen molar-refractivity contribution in [2.45, 2.75) is 32.7 Å². The van der Waals surface area contributed by atoms with Crippen LogP contribution in [0, 0.1) is 0 Å². The van der Waals surface area contributed by atoms with Gasteiger partial charge in [-0.15, -0.1) is 0 Å². The fourth-order valence-electron chi connectivity index (χ4n) is 2.86. The topological polar surface area (TPSA) is 87.7 Å².